The van der Waals surface area contributed by atoms with Gasteiger partial charge >= 0.3 is 15.5 Å². The molecule has 0 aromatic heterocycles. The molecule has 1 amide bonds. The first kappa shape index (κ1) is 21.4. The number of carbonyl (C=O) groups is 1. The number of anilines is 1. The normalized spacial score (nSPS) is 12.9. The van der Waals surface area contributed by atoms with E-state index in [2.05, 4.69) is 0 Å². The molecule has 0 atom stereocenters. The summed E-state index contributed by atoms with van der Waals surface area (Å²) in [6.45, 7) is 3.86. The number of nitrogens with one attached hydrogen (secondary N) is 1. The Morgan fingerprint density at radius 3 is 2.04 bits per heavy atom. The van der Waals surface area contributed by atoms with Crippen LogP contribution in [0, 0.1) is 13.8 Å². The zero-order chi connectivity index (χ0) is 19.8. The van der Waals surface area contributed by atoms with Crippen molar-refractivity contribution in [3.63, 3.8) is 0 Å². The zero-order valence-electron chi connectivity index (χ0n) is 13.8. The minimum atomic E-state index is -6.04. The van der Waals surface area contributed by atoms with Crippen LogP contribution in [0.15, 0.2) is 17.0 Å². The van der Waals surface area contributed by atoms with Crippen molar-refractivity contribution in [2.75, 3.05) is 11.4 Å². The van der Waals surface area contributed by atoms with E-state index in [0.717, 1.165) is 13.1 Å². The molecule has 1 aromatic carbocycles. The van der Waals surface area contributed by atoms with Crippen molar-refractivity contribution >= 4 is 31.6 Å². The smallest absolute Gasteiger partial charge is 0.273 e. The van der Waals surface area contributed by atoms with Crippen LogP contribution in [0.3, 0.4) is 0 Å². The fourth-order valence-corrected chi connectivity index (χ4v) is 4.11. The molecule has 7 nitrogen and oxygen atoms in total. The molecule has 0 unspecified atom stereocenters. The third kappa shape index (κ3) is 3.96. The van der Waals surface area contributed by atoms with Gasteiger partial charge in [0.05, 0.1) is 10.6 Å². The van der Waals surface area contributed by atoms with Gasteiger partial charge < -0.3 is 0 Å². The summed E-state index contributed by atoms with van der Waals surface area (Å²) in [5, 5.41) is 0. The van der Waals surface area contributed by atoms with Gasteiger partial charge in [0.1, 0.15) is 0 Å². The first-order valence-corrected chi connectivity index (χ1v) is 9.82. The van der Waals surface area contributed by atoms with E-state index in [1.54, 1.807) is 0 Å². The Labute approximate surface area is 143 Å². The van der Waals surface area contributed by atoms with Crippen LogP contribution in [0.1, 0.15) is 24.5 Å². The summed E-state index contributed by atoms with van der Waals surface area (Å²) >= 11 is 0. The van der Waals surface area contributed by atoms with E-state index < -0.39 is 52.8 Å². The highest BCUT2D eigenvalue weighted by Gasteiger charge is 2.52. The van der Waals surface area contributed by atoms with Crippen LogP contribution >= 0.6 is 0 Å². The van der Waals surface area contributed by atoms with Crippen LogP contribution in [0.4, 0.5) is 18.9 Å². The Morgan fingerprint density at radius 2 is 1.64 bits per heavy atom. The summed E-state index contributed by atoms with van der Waals surface area (Å²) in [7, 11) is -9.02. The Hall–Kier alpha value is -1.66. The van der Waals surface area contributed by atoms with Crippen molar-refractivity contribution in [2.45, 2.75) is 37.6 Å². The molecule has 12 heteroatoms. The molecule has 0 radical (unpaired) electrons. The molecule has 0 spiro atoms. The van der Waals surface area contributed by atoms with Crippen LogP contribution in [0.25, 0.3) is 0 Å². The van der Waals surface area contributed by atoms with Gasteiger partial charge in [0.2, 0.25) is 15.9 Å². The lowest BCUT2D eigenvalue weighted by Gasteiger charge is -2.25. The Kier molecular flexibility index (Phi) is 5.92. The number of amides is 1. The number of aryl methyl sites for hydroxylation is 2. The Morgan fingerprint density at radius 1 is 1.12 bits per heavy atom. The second-order valence-electron chi connectivity index (χ2n) is 5.07. The van der Waals surface area contributed by atoms with Gasteiger partial charge in [0.25, 0.3) is 0 Å². The van der Waals surface area contributed by atoms with E-state index in [1.807, 2.05) is 4.72 Å². The first-order valence-electron chi connectivity index (χ1n) is 6.90. The Bertz CT molecular complexity index is 893. The molecule has 0 aliphatic heterocycles. The number of carbonyl (C=O) groups excluding carboxylic acids is 1. The fourth-order valence-electron chi connectivity index (χ4n) is 2.08. The number of rotatable bonds is 5. The molecule has 0 fully saturated rings. The maximum atomic E-state index is 13.0. The summed E-state index contributed by atoms with van der Waals surface area (Å²) < 4.78 is 88.2. The van der Waals surface area contributed by atoms with E-state index >= 15 is 0 Å². The maximum Gasteiger partial charge on any atom is 0.517 e. The predicted octanol–water partition coefficient (Wildman–Crippen LogP) is 1.80. The number of halogens is 3. The highest BCUT2D eigenvalue weighted by atomic mass is 32.2. The van der Waals surface area contributed by atoms with Crippen LogP contribution in [-0.4, -0.2) is 35.3 Å². The van der Waals surface area contributed by atoms with E-state index in [-0.39, 0.29) is 11.1 Å². The largest absolute Gasteiger partial charge is 0.517 e. The van der Waals surface area contributed by atoms with Gasteiger partial charge in [-0.2, -0.15) is 25.9 Å². The van der Waals surface area contributed by atoms with E-state index in [0.29, 0.717) is 0 Å². The van der Waals surface area contributed by atoms with Gasteiger partial charge in [-0.25, -0.2) is 13.1 Å². The molecule has 1 aromatic rings. The summed E-state index contributed by atoms with van der Waals surface area (Å²) in [6.07, 6.45) is -0.531. The second kappa shape index (κ2) is 6.92. The number of sulfonamides is 2. The summed E-state index contributed by atoms with van der Waals surface area (Å²) in [5.41, 5.74) is -6.20. The quantitative estimate of drug-likeness (QED) is 0.810. The van der Waals surface area contributed by atoms with Crippen molar-refractivity contribution in [1.82, 2.24) is 4.72 Å². The average Bonchev–Trinajstić information content (AvgIpc) is 2.47. The van der Waals surface area contributed by atoms with Crippen molar-refractivity contribution in [3.05, 3.63) is 23.3 Å². The highest BCUT2D eigenvalue weighted by molar-refractivity contribution is 7.94. The summed E-state index contributed by atoms with van der Waals surface area (Å²) in [5.74, 6) is -1.34. The molecule has 0 heterocycles. The topological polar surface area (TPSA) is 101 Å². The third-order valence-corrected chi connectivity index (χ3v) is 6.35. The van der Waals surface area contributed by atoms with Gasteiger partial charge in [-0.1, -0.05) is 13.0 Å². The van der Waals surface area contributed by atoms with Crippen LogP contribution in [0.5, 0.6) is 0 Å². The number of hydrogen-bond acceptors (Lipinski definition) is 5. The molecule has 0 aliphatic carbocycles. The minimum Gasteiger partial charge on any atom is -0.273 e. The van der Waals surface area contributed by atoms with Gasteiger partial charge in [-0.05, 0) is 38.1 Å². The highest BCUT2D eigenvalue weighted by Crippen LogP contribution is 2.35. The molecule has 1 rings (SSSR count). The second-order valence-corrected chi connectivity index (χ2v) is 8.71. The molecule has 0 bridgehead atoms. The van der Waals surface area contributed by atoms with Gasteiger partial charge in [0, 0.05) is 6.42 Å². The van der Waals surface area contributed by atoms with E-state index in [1.165, 1.54) is 26.8 Å². The van der Waals surface area contributed by atoms with E-state index in [4.69, 9.17) is 0 Å². The van der Waals surface area contributed by atoms with Crippen molar-refractivity contribution in [1.29, 1.82) is 0 Å². The minimum absolute atomic E-state index is 0.00202. The molecule has 0 aliphatic rings. The molecule has 0 saturated carbocycles. The van der Waals surface area contributed by atoms with Crippen LogP contribution < -0.4 is 9.03 Å². The lowest BCUT2D eigenvalue weighted by atomic mass is 10.1. The van der Waals surface area contributed by atoms with Gasteiger partial charge in [0.15, 0.2) is 0 Å². The van der Waals surface area contributed by atoms with Crippen LogP contribution in [0.2, 0.25) is 0 Å². The zero-order valence-corrected chi connectivity index (χ0v) is 15.4. The third-order valence-electron chi connectivity index (χ3n) is 3.33. The molecular formula is C13H17F3N2O5S2. The van der Waals surface area contributed by atoms with Gasteiger partial charge in [-0.3, -0.25) is 4.79 Å². The number of benzene rings is 1. The molecule has 25 heavy (non-hydrogen) atoms. The molecule has 0 saturated heterocycles. The number of hydrogen-bond donors (Lipinski definition) is 1. The molecular weight excluding hydrogens is 385 g/mol. The van der Waals surface area contributed by atoms with Crippen molar-refractivity contribution in [3.8, 4) is 0 Å². The SMILES string of the molecule is CCC(=O)N(c1cc(S(=O)(=O)NC)c(C)cc1C)S(=O)(=O)C(F)(F)F. The monoisotopic (exact) mass is 402 g/mol. The predicted molar refractivity (Wildman–Crippen MR) is 84.9 cm³/mol. The van der Waals surface area contributed by atoms with Gasteiger partial charge in [-0.15, -0.1) is 0 Å². The maximum absolute atomic E-state index is 13.0. The summed E-state index contributed by atoms with van der Waals surface area (Å²) in [4.78, 5) is 11.5. The molecule has 142 valence electrons. The fraction of sp³-hybridized carbons (Fsp3) is 0.462. The standard InChI is InChI=1S/C13H17F3N2O5S2/c1-5-12(19)18(25(22,23)13(14,15)16)10-7-11(24(20,21)17-4)9(3)6-8(10)2/h6-7,17H,5H2,1-4H3. The lowest BCUT2D eigenvalue weighted by Crippen LogP contribution is -2.44. The average molecular weight is 402 g/mol. The first-order chi connectivity index (χ1) is 11.2. The van der Waals surface area contributed by atoms with Crippen molar-refractivity contribution in [2.24, 2.45) is 0 Å². The number of nitrogens with zero attached hydrogens (tertiary/aromatic N) is 1. The number of alkyl halides is 3. The van der Waals surface area contributed by atoms with E-state index in [9.17, 15) is 34.8 Å². The Balaban J connectivity index is 3.85. The van der Waals surface area contributed by atoms with Crippen molar-refractivity contribution < 1.29 is 34.8 Å². The lowest BCUT2D eigenvalue weighted by molar-refractivity contribution is -0.117. The summed E-state index contributed by atoms with van der Waals surface area (Å²) in [6, 6.07) is 1.94. The molecule has 1 N–H and O–H groups in total. The van der Waals surface area contributed by atoms with Crippen LogP contribution in [-0.2, 0) is 24.8 Å².